The van der Waals surface area contributed by atoms with E-state index in [1.807, 2.05) is 0 Å². The van der Waals surface area contributed by atoms with Gasteiger partial charge in [-0.3, -0.25) is 9.11 Å². The minimum absolute atomic E-state index is 0.0834. The van der Waals surface area contributed by atoms with Gasteiger partial charge in [-0.05, 0) is 46.8 Å². The van der Waals surface area contributed by atoms with Gasteiger partial charge in [-0.25, -0.2) is 4.99 Å². The van der Waals surface area contributed by atoms with Gasteiger partial charge in [0.2, 0.25) is 5.29 Å². The molecule has 0 saturated carbocycles. The van der Waals surface area contributed by atoms with Crippen LogP contribution < -0.4 is 10.6 Å². The monoisotopic (exact) mass is 468 g/mol. The van der Waals surface area contributed by atoms with Crippen molar-refractivity contribution in [3.63, 3.8) is 0 Å². The molecule has 0 saturated heterocycles. The summed E-state index contributed by atoms with van der Waals surface area (Å²) in [5, 5.41) is 13.0. The molecule has 2 aromatic carbocycles. The second-order valence-electron chi connectivity index (χ2n) is 5.48. The first-order valence-corrected chi connectivity index (χ1v) is 10.7. The van der Waals surface area contributed by atoms with E-state index in [2.05, 4.69) is 20.6 Å². The number of nitrogens with one attached hydrogen (secondary N) is 2. The molecule has 5 N–H and O–H groups in total. The number of alkyl halides is 1. The number of fused-ring (bicyclic) bond motifs is 1. The predicted molar refractivity (Wildman–Crippen MR) is 102 cm³/mol. The van der Waals surface area contributed by atoms with Gasteiger partial charge in [0, 0.05) is 11.5 Å². The molecule has 15 heteroatoms. The quantitative estimate of drug-likeness (QED) is 0.252. The molecule has 11 nitrogen and oxygen atoms in total. The van der Waals surface area contributed by atoms with Gasteiger partial charge < -0.3 is 15.7 Å². The smallest absolute Gasteiger partial charge is 0.310 e. The number of benzene rings is 2. The fourth-order valence-electron chi connectivity index (χ4n) is 2.43. The zero-order valence-electron chi connectivity index (χ0n) is 13.3. The summed E-state index contributed by atoms with van der Waals surface area (Å²) >= 11 is 11.9. The minimum Gasteiger partial charge on any atom is -0.507 e. The van der Waals surface area contributed by atoms with Gasteiger partial charge in [0.15, 0.2) is 0 Å². The fraction of sp³-hybridized carbons (Fsp3) is 0.0769. The molecule has 0 aromatic heterocycles. The third kappa shape index (κ3) is 4.14. The molecular formula is C13H10Cl2N4O7S2. The summed E-state index contributed by atoms with van der Waals surface area (Å²) in [4.78, 5) is 6.25. The normalized spacial score (nSPS) is 19.9. The number of aliphatic imine (C=N–C) groups is 2. The average molecular weight is 469 g/mol. The number of aromatic hydroxyl groups is 1. The molecule has 0 radical (unpaired) electrons. The van der Waals surface area contributed by atoms with E-state index in [1.165, 1.54) is 0 Å². The lowest BCUT2D eigenvalue weighted by Gasteiger charge is -2.25. The largest absolute Gasteiger partial charge is 0.507 e. The molecule has 0 spiro atoms. The van der Waals surface area contributed by atoms with Crippen molar-refractivity contribution >= 4 is 71.5 Å². The van der Waals surface area contributed by atoms with Crippen LogP contribution in [0.15, 0.2) is 44.0 Å². The van der Waals surface area contributed by atoms with E-state index in [9.17, 15) is 31.0 Å². The molecule has 0 bridgehead atoms. The van der Waals surface area contributed by atoms with Crippen molar-refractivity contribution in [1.82, 2.24) is 5.32 Å². The number of rotatable bonds is 4. The minimum atomic E-state index is -4.74. The first-order valence-electron chi connectivity index (χ1n) is 7.07. The molecule has 1 unspecified atom stereocenters. The summed E-state index contributed by atoms with van der Waals surface area (Å²) in [7, 11) is -9.45. The van der Waals surface area contributed by atoms with Crippen LogP contribution >= 0.6 is 23.2 Å². The van der Waals surface area contributed by atoms with E-state index < -0.39 is 41.0 Å². The number of phenols is 1. The standard InChI is InChI=1S/C13H10Cl2N4O7S2/c14-12-16-5-17-13(15,19-12)18-9-3-7(27(21,22)23)1-6-2-8(28(24,25)26)4-10(20)11(6)9/h1-5,18,20H,(H,16,17,19)(H,21,22,23)(H,24,25,26). The molecule has 1 aliphatic rings. The molecule has 1 atom stereocenters. The highest BCUT2D eigenvalue weighted by Gasteiger charge is 2.30. The van der Waals surface area contributed by atoms with Crippen molar-refractivity contribution in [2.24, 2.45) is 9.98 Å². The predicted octanol–water partition coefficient (Wildman–Crippen LogP) is 1.53. The second kappa shape index (κ2) is 6.72. The number of anilines is 1. The molecule has 0 fully saturated rings. The highest BCUT2D eigenvalue weighted by molar-refractivity contribution is 7.86. The Kier molecular flexibility index (Phi) is 4.94. The number of hydrogen-bond acceptors (Lipinski definition) is 9. The summed E-state index contributed by atoms with van der Waals surface area (Å²) < 4.78 is 64.5. The van der Waals surface area contributed by atoms with Crippen LogP contribution in [-0.2, 0) is 20.2 Å². The zero-order valence-corrected chi connectivity index (χ0v) is 16.5. The van der Waals surface area contributed by atoms with E-state index >= 15 is 0 Å². The van der Waals surface area contributed by atoms with Gasteiger partial charge >= 0.3 is 5.25 Å². The van der Waals surface area contributed by atoms with Crippen LogP contribution in [0.2, 0.25) is 0 Å². The van der Waals surface area contributed by atoms with Gasteiger partial charge in [0.05, 0.1) is 21.8 Å². The highest BCUT2D eigenvalue weighted by atomic mass is 35.5. The number of nitrogens with zero attached hydrogens (tertiary/aromatic N) is 2. The summed E-state index contributed by atoms with van der Waals surface area (Å²) in [6, 6.07) is 3.47. The van der Waals surface area contributed by atoms with Crippen molar-refractivity contribution < 1.29 is 31.0 Å². The average Bonchev–Trinajstić information content (AvgIpc) is 2.51. The molecular weight excluding hydrogens is 459 g/mol. The maximum Gasteiger partial charge on any atom is 0.310 e. The molecule has 0 amide bonds. The highest BCUT2D eigenvalue weighted by Crippen LogP contribution is 2.38. The van der Waals surface area contributed by atoms with E-state index in [4.69, 9.17) is 23.2 Å². The van der Waals surface area contributed by atoms with Gasteiger partial charge in [0.25, 0.3) is 20.2 Å². The van der Waals surface area contributed by atoms with Crippen LogP contribution in [0, 0.1) is 0 Å². The maximum absolute atomic E-state index is 11.6. The van der Waals surface area contributed by atoms with Crippen molar-refractivity contribution in [2.75, 3.05) is 5.32 Å². The number of halogens is 2. The third-order valence-electron chi connectivity index (χ3n) is 3.53. The molecule has 0 aliphatic carbocycles. The lowest BCUT2D eigenvalue weighted by atomic mass is 10.1. The number of amidine groups is 1. The SMILES string of the molecule is O=S(=O)(O)c1cc(O)c2c(NC3(Cl)N=CNC(Cl)=N3)cc(S(=O)(=O)O)cc2c1. The Morgan fingerprint density at radius 3 is 2.14 bits per heavy atom. The van der Waals surface area contributed by atoms with Gasteiger partial charge in [-0.1, -0.05) is 0 Å². The topological polar surface area (TPSA) is 178 Å². The Labute approximate surface area is 168 Å². The Morgan fingerprint density at radius 1 is 1.04 bits per heavy atom. The van der Waals surface area contributed by atoms with Crippen LogP contribution in [-0.4, -0.2) is 47.9 Å². The molecule has 1 aliphatic heterocycles. The molecule has 28 heavy (non-hydrogen) atoms. The molecule has 150 valence electrons. The van der Waals surface area contributed by atoms with E-state index in [-0.39, 0.29) is 21.8 Å². The maximum atomic E-state index is 11.6. The van der Waals surface area contributed by atoms with Gasteiger partial charge in [-0.15, -0.1) is 0 Å². The Balaban J connectivity index is 2.32. The Bertz CT molecular complexity index is 1260. The summed E-state index contributed by atoms with van der Waals surface area (Å²) in [5.41, 5.74) is -0.174. The second-order valence-corrected chi connectivity index (χ2v) is 9.21. The van der Waals surface area contributed by atoms with Crippen molar-refractivity contribution in [1.29, 1.82) is 0 Å². The summed E-state index contributed by atoms with van der Waals surface area (Å²) in [5.74, 6) is -0.636. The first kappa shape index (κ1) is 20.6. The van der Waals surface area contributed by atoms with Crippen LogP contribution in [0.25, 0.3) is 10.8 Å². The molecule has 2 aromatic rings. The lowest BCUT2D eigenvalue weighted by Crippen LogP contribution is -2.36. The number of phenolic OH excluding ortho intramolecular Hbond substituents is 1. The summed E-state index contributed by atoms with van der Waals surface area (Å²) in [6.07, 6.45) is 1.11. The number of hydrogen-bond donors (Lipinski definition) is 5. The van der Waals surface area contributed by atoms with Crippen molar-refractivity contribution in [2.45, 2.75) is 15.0 Å². The van der Waals surface area contributed by atoms with Gasteiger partial charge in [0.1, 0.15) is 5.75 Å². The van der Waals surface area contributed by atoms with Crippen LogP contribution in [0.4, 0.5) is 5.69 Å². The lowest BCUT2D eigenvalue weighted by molar-refractivity contribution is 0.471. The fourth-order valence-corrected chi connectivity index (χ4v) is 3.96. The van der Waals surface area contributed by atoms with Crippen LogP contribution in [0.1, 0.15) is 0 Å². The Morgan fingerprint density at radius 2 is 1.61 bits per heavy atom. The van der Waals surface area contributed by atoms with E-state index in [0.717, 1.165) is 30.6 Å². The summed E-state index contributed by atoms with van der Waals surface area (Å²) in [6.45, 7) is 0. The van der Waals surface area contributed by atoms with Crippen LogP contribution in [0.3, 0.4) is 0 Å². The van der Waals surface area contributed by atoms with Crippen molar-refractivity contribution in [3.05, 3.63) is 24.3 Å². The first-order chi connectivity index (χ1) is 12.8. The van der Waals surface area contributed by atoms with E-state index in [0.29, 0.717) is 0 Å². The molecule has 1 heterocycles. The Hall–Kier alpha value is -2.16. The van der Waals surface area contributed by atoms with Crippen molar-refractivity contribution in [3.8, 4) is 5.75 Å². The zero-order chi connectivity index (χ0) is 20.9. The van der Waals surface area contributed by atoms with Gasteiger partial charge in [-0.2, -0.15) is 21.8 Å². The van der Waals surface area contributed by atoms with Crippen LogP contribution in [0.5, 0.6) is 5.75 Å². The molecule has 3 rings (SSSR count). The van der Waals surface area contributed by atoms with E-state index in [1.54, 1.807) is 0 Å². The third-order valence-corrected chi connectivity index (χ3v) is 5.66.